The van der Waals surface area contributed by atoms with E-state index in [9.17, 15) is 14.0 Å². The molecular formula is C27H30FNO4. The maximum Gasteiger partial charge on any atom is 0.290 e. The summed E-state index contributed by atoms with van der Waals surface area (Å²) in [6, 6.07) is 11.2. The first-order chi connectivity index (χ1) is 15.6. The molecule has 2 heterocycles. The molecule has 0 spiro atoms. The number of ether oxygens (including phenoxy) is 1. The number of fused-ring (bicyclic) bond motifs is 2. The Bertz CT molecular complexity index is 1240. The molecule has 0 bridgehead atoms. The van der Waals surface area contributed by atoms with Crippen molar-refractivity contribution in [3.8, 4) is 0 Å². The van der Waals surface area contributed by atoms with Crippen LogP contribution in [0.15, 0.2) is 51.7 Å². The molecule has 2 aromatic carbocycles. The zero-order valence-electron chi connectivity index (χ0n) is 19.8. The van der Waals surface area contributed by atoms with Crippen molar-refractivity contribution >= 4 is 16.9 Å². The largest absolute Gasteiger partial charge is 0.450 e. The van der Waals surface area contributed by atoms with Crippen LogP contribution in [0.3, 0.4) is 0 Å². The Labute approximate surface area is 193 Å². The van der Waals surface area contributed by atoms with Gasteiger partial charge in [0.1, 0.15) is 11.4 Å². The van der Waals surface area contributed by atoms with Gasteiger partial charge in [-0.05, 0) is 55.0 Å². The van der Waals surface area contributed by atoms with E-state index in [4.69, 9.17) is 9.15 Å². The average Bonchev–Trinajstić information content (AvgIpc) is 3.03. The lowest BCUT2D eigenvalue weighted by Crippen LogP contribution is -2.31. The minimum Gasteiger partial charge on any atom is -0.450 e. The van der Waals surface area contributed by atoms with Gasteiger partial charge in [-0.25, -0.2) is 4.39 Å². The lowest BCUT2D eigenvalue weighted by atomic mass is 9.86. The molecule has 0 radical (unpaired) electrons. The van der Waals surface area contributed by atoms with Gasteiger partial charge in [0.05, 0.1) is 23.1 Å². The number of carbonyl (C=O) groups is 1. The third-order valence-corrected chi connectivity index (χ3v) is 6.01. The zero-order chi connectivity index (χ0) is 23.9. The number of nitrogens with zero attached hydrogens (tertiary/aromatic N) is 1. The predicted octanol–water partition coefficient (Wildman–Crippen LogP) is 5.59. The van der Waals surface area contributed by atoms with Gasteiger partial charge in [-0.15, -0.1) is 0 Å². The first kappa shape index (κ1) is 23.2. The summed E-state index contributed by atoms with van der Waals surface area (Å²) in [5, 5.41) is 0.142. The van der Waals surface area contributed by atoms with E-state index in [-0.39, 0.29) is 45.1 Å². The summed E-state index contributed by atoms with van der Waals surface area (Å²) in [6.07, 6.45) is 0.720. The zero-order valence-corrected chi connectivity index (χ0v) is 19.8. The molecule has 6 heteroatoms. The van der Waals surface area contributed by atoms with Crippen LogP contribution in [-0.4, -0.2) is 30.1 Å². The predicted molar refractivity (Wildman–Crippen MR) is 126 cm³/mol. The normalized spacial score (nSPS) is 16.2. The van der Waals surface area contributed by atoms with Crippen molar-refractivity contribution in [2.75, 3.05) is 13.2 Å². The molecular weight excluding hydrogens is 421 g/mol. The number of benzene rings is 2. The van der Waals surface area contributed by atoms with Gasteiger partial charge in [-0.3, -0.25) is 9.59 Å². The summed E-state index contributed by atoms with van der Waals surface area (Å²) < 4.78 is 25.4. The third kappa shape index (κ3) is 4.44. The van der Waals surface area contributed by atoms with E-state index in [1.807, 2.05) is 38.1 Å². The molecule has 1 aromatic heterocycles. The molecule has 33 heavy (non-hydrogen) atoms. The van der Waals surface area contributed by atoms with E-state index in [1.165, 1.54) is 18.2 Å². The number of hydrogen-bond acceptors (Lipinski definition) is 4. The number of carbonyl (C=O) groups excluding carboxylic acids is 1. The van der Waals surface area contributed by atoms with Crippen LogP contribution in [0.1, 0.15) is 74.3 Å². The summed E-state index contributed by atoms with van der Waals surface area (Å²) in [6.45, 7) is 11.2. The second kappa shape index (κ2) is 8.75. The Balaban J connectivity index is 1.81. The Morgan fingerprint density at radius 2 is 1.79 bits per heavy atom. The monoisotopic (exact) mass is 451 g/mol. The fourth-order valence-corrected chi connectivity index (χ4v) is 4.29. The molecule has 0 unspecified atom stereocenters. The molecule has 0 fully saturated rings. The standard InChI is InChI=1S/C27H30FNO4/c1-16(2)32-14-6-13-29-23(17-7-9-18(10-8-17)27(3,4)5)22-24(30)20-15-19(28)11-12-21(20)33-25(22)26(29)31/h7-12,15-16,23H,6,13-14H2,1-5H3/t23-/m0/s1. The Morgan fingerprint density at radius 1 is 1.09 bits per heavy atom. The van der Waals surface area contributed by atoms with Gasteiger partial charge in [-0.2, -0.15) is 0 Å². The first-order valence-corrected chi connectivity index (χ1v) is 11.4. The lowest BCUT2D eigenvalue weighted by molar-refractivity contribution is 0.0593. The molecule has 0 N–H and O–H groups in total. The van der Waals surface area contributed by atoms with Gasteiger partial charge in [-0.1, -0.05) is 45.0 Å². The highest BCUT2D eigenvalue weighted by atomic mass is 19.1. The second-order valence-corrected chi connectivity index (χ2v) is 9.86. The summed E-state index contributed by atoms with van der Waals surface area (Å²) in [5.41, 5.74) is 2.06. The van der Waals surface area contributed by atoms with E-state index in [0.717, 1.165) is 11.1 Å². The van der Waals surface area contributed by atoms with Gasteiger partial charge >= 0.3 is 0 Å². The average molecular weight is 452 g/mol. The number of hydrogen-bond donors (Lipinski definition) is 0. The highest BCUT2D eigenvalue weighted by molar-refractivity contribution is 5.99. The van der Waals surface area contributed by atoms with Gasteiger partial charge in [0, 0.05) is 13.2 Å². The van der Waals surface area contributed by atoms with Crippen molar-refractivity contribution in [3.63, 3.8) is 0 Å². The van der Waals surface area contributed by atoms with Gasteiger partial charge < -0.3 is 14.1 Å². The number of halogens is 1. The molecule has 4 rings (SSSR count). The van der Waals surface area contributed by atoms with Crippen LogP contribution in [-0.2, 0) is 10.2 Å². The van der Waals surface area contributed by atoms with E-state index < -0.39 is 11.9 Å². The SMILES string of the molecule is CC(C)OCCCN1C(=O)c2oc3ccc(F)cc3c(=O)c2[C@@H]1c1ccc(C(C)(C)C)cc1. The molecule has 5 nitrogen and oxygen atoms in total. The Morgan fingerprint density at radius 3 is 2.42 bits per heavy atom. The summed E-state index contributed by atoms with van der Waals surface area (Å²) in [4.78, 5) is 28.5. The molecule has 1 atom stereocenters. The molecule has 3 aromatic rings. The summed E-state index contributed by atoms with van der Waals surface area (Å²) in [5.74, 6) is -0.815. The van der Waals surface area contributed by atoms with Gasteiger partial charge in [0.2, 0.25) is 5.76 Å². The molecule has 0 saturated carbocycles. The molecule has 174 valence electrons. The fraction of sp³-hybridized carbons (Fsp3) is 0.407. The van der Waals surface area contributed by atoms with Crippen molar-refractivity contribution in [3.05, 3.63) is 81.0 Å². The van der Waals surface area contributed by atoms with Crippen LogP contribution in [0, 0.1) is 5.82 Å². The topological polar surface area (TPSA) is 59.8 Å². The van der Waals surface area contributed by atoms with Crippen LogP contribution in [0.4, 0.5) is 4.39 Å². The van der Waals surface area contributed by atoms with Crippen LogP contribution in [0.25, 0.3) is 11.0 Å². The molecule has 1 amide bonds. The highest BCUT2D eigenvalue weighted by Gasteiger charge is 2.42. The van der Waals surface area contributed by atoms with Gasteiger partial charge in [0.15, 0.2) is 5.43 Å². The molecule has 0 aliphatic carbocycles. The van der Waals surface area contributed by atoms with Crippen LogP contribution >= 0.6 is 0 Å². The quantitative estimate of drug-likeness (QED) is 0.459. The van der Waals surface area contributed by atoms with Crippen molar-refractivity contribution in [2.24, 2.45) is 0 Å². The van der Waals surface area contributed by atoms with E-state index in [0.29, 0.717) is 19.6 Å². The maximum atomic E-state index is 13.9. The second-order valence-electron chi connectivity index (χ2n) is 9.86. The van der Waals surface area contributed by atoms with Crippen LogP contribution in [0.5, 0.6) is 0 Å². The summed E-state index contributed by atoms with van der Waals surface area (Å²) in [7, 11) is 0. The van der Waals surface area contributed by atoms with E-state index in [2.05, 4.69) is 20.8 Å². The van der Waals surface area contributed by atoms with Crippen LogP contribution < -0.4 is 5.43 Å². The third-order valence-electron chi connectivity index (χ3n) is 6.01. The van der Waals surface area contributed by atoms with Crippen LogP contribution in [0.2, 0.25) is 0 Å². The fourth-order valence-electron chi connectivity index (χ4n) is 4.29. The van der Waals surface area contributed by atoms with Crippen molar-refractivity contribution < 1.29 is 18.3 Å². The smallest absolute Gasteiger partial charge is 0.290 e. The highest BCUT2D eigenvalue weighted by Crippen LogP contribution is 2.39. The Hall–Kier alpha value is -2.99. The minimum absolute atomic E-state index is 0.0252. The summed E-state index contributed by atoms with van der Waals surface area (Å²) >= 11 is 0. The first-order valence-electron chi connectivity index (χ1n) is 11.4. The lowest BCUT2D eigenvalue weighted by Gasteiger charge is -2.26. The minimum atomic E-state index is -0.593. The van der Waals surface area contributed by atoms with E-state index in [1.54, 1.807) is 4.90 Å². The number of rotatable bonds is 6. The number of amides is 1. The molecule has 1 aliphatic rings. The molecule has 0 saturated heterocycles. The van der Waals surface area contributed by atoms with E-state index >= 15 is 0 Å². The maximum absolute atomic E-state index is 13.9. The molecule has 1 aliphatic heterocycles. The Kier molecular flexibility index (Phi) is 6.14. The van der Waals surface area contributed by atoms with Crippen molar-refractivity contribution in [1.29, 1.82) is 0 Å². The van der Waals surface area contributed by atoms with Gasteiger partial charge in [0.25, 0.3) is 5.91 Å². The van der Waals surface area contributed by atoms with Crippen molar-refractivity contribution in [2.45, 2.75) is 58.6 Å². The van der Waals surface area contributed by atoms with Crippen molar-refractivity contribution in [1.82, 2.24) is 4.90 Å².